The van der Waals surface area contributed by atoms with Crippen molar-refractivity contribution in [1.82, 2.24) is 24.6 Å². The third-order valence-corrected chi connectivity index (χ3v) is 4.33. The molecule has 0 saturated carbocycles. The van der Waals surface area contributed by atoms with E-state index in [9.17, 15) is 4.79 Å². The number of carbonyl (C=O) groups excluding carboxylic acids is 1. The number of urea groups is 1. The van der Waals surface area contributed by atoms with Gasteiger partial charge in [-0.1, -0.05) is 0 Å². The fourth-order valence-electron chi connectivity index (χ4n) is 3.11. The molecule has 8 nitrogen and oxygen atoms in total. The summed E-state index contributed by atoms with van der Waals surface area (Å²) in [5, 5.41) is 7.14. The molecular formula is C15H19N7O. The maximum Gasteiger partial charge on any atom is 0.322 e. The van der Waals surface area contributed by atoms with Crippen molar-refractivity contribution in [3.63, 3.8) is 0 Å². The summed E-state index contributed by atoms with van der Waals surface area (Å²) in [6.45, 7) is 3.76. The quantitative estimate of drug-likeness (QED) is 0.904. The van der Waals surface area contributed by atoms with Crippen LogP contribution in [0.15, 0.2) is 24.7 Å². The second-order valence-corrected chi connectivity index (χ2v) is 5.82. The van der Waals surface area contributed by atoms with Crippen LogP contribution in [0.25, 0.3) is 0 Å². The van der Waals surface area contributed by atoms with Crippen LogP contribution >= 0.6 is 0 Å². The Morgan fingerprint density at radius 2 is 2.00 bits per heavy atom. The van der Waals surface area contributed by atoms with Crippen molar-refractivity contribution in [2.45, 2.75) is 25.9 Å². The molecule has 8 heteroatoms. The summed E-state index contributed by atoms with van der Waals surface area (Å²) in [7, 11) is 0. The minimum absolute atomic E-state index is 0.118. The van der Waals surface area contributed by atoms with Crippen molar-refractivity contribution in [2.75, 3.05) is 29.9 Å². The van der Waals surface area contributed by atoms with Gasteiger partial charge in [-0.25, -0.2) is 19.4 Å². The lowest BCUT2D eigenvalue weighted by molar-refractivity contribution is 0.193. The zero-order chi connectivity index (χ0) is 15.6. The minimum Gasteiger partial charge on any atom is -0.355 e. The highest BCUT2D eigenvalue weighted by Gasteiger charge is 2.24. The van der Waals surface area contributed by atoms with Gasteiger partial charge in [-0.15, -0.1) is 0 Å². The van der Waals surface area contributed by atoms with Crippen LogP contribution in [0, 0.1) is 0 Å². The van der Waals surface area contributed by atoms with Gasteiger partial charge >= 0.3 is 6.03 Å². The average molecular weight is 313 g/mol. The normalized spacial score (nSPS) is 17.2. The monoisotopic (exact) mass is 313 g/mol. The van der Waals surface area contributed by atoms with Gasteiger partial charge in [-0.3, -0.25) is 0 Å². The maximum absolute atomic E-state index is 12.6. The van der Waals surface area contributed by atoms with Gasteiger partial charge in [0.25, 0.3) is 0 Å². The molecule has 120 valence electrons. The molecular weight excluding hydrogens is 294 g/mol. The molecule has 0 spiro atoms. The second kappa shape index (κ2) is 5.86. The zero-order valence-electron chi connectivity index (χ0n) is 12.9. The van der Waals surface area contributed by atoms with Gasteiger partial charge in [-0.2, -0.15) is 5.10 Å². The number of hydrogen-bond donors (Lipinski definition) is 1. The molecule has 4 rings (SSSR count). The van der Waals surface area contributed by atoms with E-state index in [1.807, 2.05) is 16.8 Å². The summed E-state index contributed by atoms with van der Waals surface area (Å²) in [6.07, 6.45) is 5.65. The van der Waals surface area contributed by atoms with Crippen molar-refractivity contribution >= 4 is 17.5 Å². The second-order valence-electron chi connectivity index (χ2n) is 5.82. The Labute approximate surface area is 134 Å². The van der Waals surface area contributed by atoms with Crippen molar-refractivity contribution in [1.29, 1.82) is 0 Å². The molecule has 23 heavy (non-hydrogen) atoms. The van der Waals surface area contributed by atoms with E-state index in [4.69, 9.17) is 0 Å². The Bertz CT molecular complexity index is 707. The predicted octanol–water partition coefficient (Wildman–Crippen LogP) is 1.32. The lowest BCUT2D eigenvalue weighted by atomic mass is 10.3. The fraction of sp³-hybridized carbons (Fsp3) is 0.467. The molecule has 2 aromatic rings. The number of anilines is 2. The Balaban J connectivity index is 1.49. The lowest BCUT2D eigenvalue weighted by Crippen LogP contribution is -2.41. The molecule has 0 aromatic carbocycles. The predicted molar refractivity (Wildman–Crippen MR) is 85.1 cm³/mol. The number of amides is 2. The third kappa shape index (κ3) is 2.71. The Morgan fingerprint density at radius 3 is 2.87 bits per heavy atom. The first kappa shape index (κ1) is 14.0. The molecule has 2 amide bonds. The van der Waals surface area contributed by atoms with Gasteiger partial charge in [0.05, 0.1) is 18.8 Å². The number of rotatable bonds is 2. The SMILES string of the molecule is O=C(Nc1cccnc1N1CCCC1)N1CCn2ncnc2C1. The third-order valence-electron chi connectivity index (χ3n) is 4.33. The van der Waals surface area contributed by atoms with Crippen LogP contribution in [-0.4, -0.2) is 50.3 Å². The van der Waals surface area contributed by atoms with Crippen molar-refractivity contribution in [2.24, 2.45) is 0 Å². The highest BCUT2D eigenvalue weighted by Crippen LogP contribution is 2.26. The van der Waals surface area contributed by atoms with Crippen LogP contribution in [0.4, 0.5) is 16.3 Å². The summed E-state index contributed by atoms with van der Waals surface area (Å²) in [4.78, 5) is 25.2. The highest BCUT2D eigenvalue weighted by molar-refractivity contribution is 5.92. The average Bonchev–Trinajstić information content (AvgIpc) is 3.26. The summed E-state index contributed by atoms with van der Waals surface area (Å²) in [6, 6.07) is 3.64. The zero-order valence-corrected chi connectivity index (χ0v) is 12.9. The van der Waals surface area contributed by atoms with E-state index in [1.165, 1.54) is 19.2 Å². The van der Waals surface area contributed by atoms with Gasteiger partial charge < -0.3 is 15.1 Å². The van der Waals surface area contributed by atoms with E-state index in [-0.39, 0.29) is 6.03 Å². The Kier molecular flexibility index (Phi) is 3.57. The molecule has 2 aromatic heterocycles. The molecule has 1 saturated heterocycles. The molecule has 0 radical (unpaired) electrons. The van der Waals surface area contributed by atoms with Crippen LogP contribution in [0.1, 0.15) is 18.7 Å². The van der Waals surface area contributed by atoms with E-state index < -0.39 is 0 Å². The van der Waals surface area contributed by atoms with Crippen LogP contribution in [-0.2, 0) is 13.1 Å². The molecule has 4 heterocycles. The van der Waals surface area contributed by atoms with E-state index in [0.717, 1.165) is 30.4 Å². The first-order valence-corrected chi connectivity index (χ1v) is 7.94. The number of pyridine rings is 1. The standard InChI is InChI=1S/C15H19N7O/c23-15(21-8-9-22-13(10-21)17-11-18-22)19-12-4-3-5-16-14(12)20-6-1-2-7-20/h3-5,11H,1-2,6-10H2,(H,19,23). The minimum atomic E-state index is -0.118. The molecule has 1 N–H and O–H groups in total. The molecule has 1 fully saturated rings. The van der Waals surface area contributed by atoms with E-state index in [1.54, 1.807) is 11.1 Å². The summed E-state index contributed by atoms with van der Waals surface area (Å²) >= 11 is 0. The smallest absolute Gasteiger partial charge is 0.322 e. The molecule has 2 aliphatic rings. The van der Waals surface area contributed by atoms with Crippen LogP contribution in [0.5, 0.6) is 0 Å². The number of carbonyl (C=O) groups is 1. The van der Waals surface area contributed by atoms with E-state index in [0.29, 0.717) is 19.6 Å². The number of hydrogen-bond acceptors (Lipinski definition) is 5. The maximum atomic E-state index is 12.6. The van der Waals surface area contributed by atoms with Gasteiger partial charge in [0.2, 0.25) is 0 Å². The van der Waals surface area contributed by atoms with Gasteiger partial charge in [0.15, 0.2) is 5.82 Å². The van der Waals surface area contributed by atoms with Crippen molar-refractivity contribution in [3.05, 3.63) is 30.5 Å². The number of aromatic nitrogens is 4. The molecule has 2 aliphatic heterocycles. The molecule has 0 atom stereocenters. The molecule has 0 bridgehead atoms. The highest BCUT2D eigenvalue weighted by atomic mass is 16.2. The number of nitrogens with zero attached hydrogens (tertiary/aromatic N) is 6. The summed E-state index contributed by atoms with van der Waals surface area (Å²) in [5.74, 6) is 1.68. The molecule has 0 aliphatic carbocycles. The van der Waals surface area contributed by atoms with Gasteiger partial charge in [0.1, 0.15) is 12.2 Å². The Morgan fingerprint density at radius 1 is 1.13 bits per heavy atom. The first-order valence-electron chi connectivity index (χ1n) is 7.94. The topological polar surface area (TPSA) is 79.2 Å². The number of fused-ring (bicyclic) bond motifs is 1. The van der Waals surface area contributed by atoms with Crippen LogP contribution in [0.3, 0.4) is 0 Å². The van der Waals surface area contributed by atoms with Crippen LogP contribution in [0.2, 0.25) is 0 Å². The fourth-order valence-corrected chi connectivity index (χ4v) is 3.11. The first-order chi connectivity index (χ1) is 11.3. The van der Waals surface area contributed by atoms with E-state index >= 15 is 0 Å². The summed E-state index contributed by atoms with van der Waals surface area (Å²) < 4.78 is 1.84. The van der Waals surface area contributed by atoms with E-state index in [2.05, 4.69) is 25.3 Å². The number of nitrogens with one attached hydrogen (secondary N) is 1. The Hall–Kier alpha value is -2.64. The van der Waals surface area contributed by atoms with Crippen molar-refractivity contribution < 1.29 is 4.79 Å². The summed E-state index contributed by atoms with van der Waals surface area (Å²) in [5.41, 5.74) is 0.770. The van der Waals surface area contributed by atoms with Crippen LogP contribution < -0.4 is 10.2 Å². The molecule has 0 unspecified atom stereocenters. The van der Waals surface area contributed by atoms with Gasteiger partial charge in [-0.05, 0) is 25.0 Å². The largest absolute Gasteiger partial charge is 0.355 e. The lowest BCUT2D eigenvalue weighted by Gasteiger charge is -2.28. The van der Waals surface area contributed by atoms with Gasteiger partial charge in [0, 0.05) is 25.8 Å². The van der Waals surface area contributed by atoms with Crippen molar-refractivity contribution in [3.8, 4) is 0 Å².